The second kappa shape index (κ2) is 85.2. The molecule has 0 aliphatic carbocycles. The summed E-state index contributed by atoms with van der Waals surface area (Å²) in [4.78, 5) is 0. The Kier molecular flexibility index (Phi) is 81.1. The summed E-state index contributed by atoms with van der Waals surface area (Å²) in [6, 6.07) is 73.8. The van der Waals surface area contributed by atoms with Crippen LogP contribution in [0.3, 0.4) is 0 Å². The minimum Gasteiger partial charge on any atom is -0.563 e. The Morgan fingerprint density at radius 1 is 0.154 bits per heavy atom. The molecule has 38 heteroatoms. The van der Waals surface area contributed by atoms with E-state index in [2.05, 4.69) is 37.8 Å². The first-order valence-corrected chi connectivity index (χ1v) is 48.1. The van der Waals surface area contributed by atoms with Crippen molar-refractivity contribution < 1.29 is 159 Å². The molecule has 0 saturated carbocycles. The van der Waals surface area contributed by atoms with Crippen molar-refractivity contribution >= 4 is 75.6 Å². The molecule has 6 saturated heterocycles. The largest absolute Gasteiger partial charge is 3.00 e. The number of hydrogen-bond acceptors (Lipinski definition) is 22. The third kappa shape index (κ3) is 74.9. The van der Waals surface area contributed by atoms with Gasteiger partial charge >= 0.3 is 93.8 Å². The molecule has 0 amide bonds. The maximum Gasteiger partial charge on any atom is 3.00 e. The molecule has 0 aromatic heterocycles. The number of nitrogens with zero attached hydrogens (tertiary/aromatic N) is 8. The summed E-state index contributed by atoms with van der Waals surface area (Å²) in [5, 5.41) is 0. The molecule has 14 rings (SSSR count). The topological polar surface area (TPSA) is 379 Å². The van der Waals surface area contributed by atoms with Gasteiger partial charge in [-0.3, -0.25) is 33.7 Å². The van der Waals surface area contributed by atoms with Crippen molar-refractivity contribution in [2.24, 2.45) is 0 Å². The zero-order chi connectivity index (χ0) is 89.6. The molecule has 130 heavy (non-hydrogen) atoms. The van der Waals surface area contributed by atoms with Crippen LogP contribution in [0.5, 0.6) is 0 Å². The molecule has 8 aromatic rings. The minimum atomic E-state index is -3.73. The molecule has 0 radical (unpaired) electrons. The summed E-state index contributed by atoms with van der Waals surface area (Å²) in [5.41, 5.74) is 6.79. The molecule has 0 bridgehead atoms. The van der Waals surface area contributed by atoms with E-state index in [0.717, 1.165) is 97.4 Å². The van der Waals surface area contributed by atoms with Crippen LogP contribution < -0.4 is 59.1 Å². The first kappa shape index (κ1) is 124. The third-order valence-electron chi connectivity index (χ3n) is 17.1. The van der Waals surface area contributed by atoms with Crippen molar-refractivity contribution in [3.63, 3.8) is 0 Å². The molecular weight excluding hydrogens is 1800 g/mol. The molecule has 0 N–H and O–H groups in total. The van der Waals surface area contributed by atoms with Gasteiger partial charge in [-0.2, -0.15) is 0 Å². The van der Waals surface area contributed by atoms with E-state index in [1.807, 2.05) is 243 Å². The maximum atomic E-state index is 11.6. The number of ether oxygens (including phenoxy) is 14. The molecule has 6 fully saturated rings. The van der Waals surface area contributed by atoms with Crippen LogP contribution in [-0.2, 0) is 160 Å². The SMILES string of the molecule is C1CCOC1.C1CCOC1.C1CCOC1.C1CCOC1.C1COCCOCCOCCOCCO1.C1COCCOCCOCCOCCO1.O=S(=O)([N-]Cc1ccccc1)[N-]Cc1ccccc1.O=S(=O)([N-]Cc1ccccc1)[N-]Cc1ccccc1.O=S(=O)([N-]Cc1ccccc1)[N-]Cc1ccccc1.O=S(=O)([N-]Cc1ccccc1)[N-]Cc1ccccc1.[Al+3].[Al+3].[Na+].[Na+]. The average Bonchev–Trinajstić information content (AvgIpc) is 1.18. The van der Waals surface area contributed by atoms with Crippen LogP contribution in [0.1, 0.15) is 95.9 Å². The van der Waals surface area contributed by atoms with Crippen molar-refractivity contribution in [2.45, 2.75) is 104 Å². The van der Waals surface area contributed by atoms with E-state index in [-0.39, 0.29) is 146 Å². The van der Waals surface area contributed by atoms with Gasteiger partial charge in [-0.15, -0.1) is 52.4 Å². The third-order valence-corrected chi connectivity index (χ3v) is 20.7. The second-order valence-electron chi connectivity index (χ2n) is 27.4. The molecule has 6 aliphatic heterocycles. The summed E-state index contributed by atoms with van der Waals surface area (Å²) < 4.78 is 195. The van der Waals surface area contributed by atoms with Gasteiger partial charge in [-0.25, -0.2) is 0 Å². The molecule has 6 heterocycles. The Morgan fingerprint density at radius 3 is 0.315 bits per heavy atom. The van der Waals surface area contributed by atoms with Crippen LogP contribution in [0, 0.1) is 0 Å². The fourth-order valence-corrected chi connectivity index (χ4v) is 13.1. The number of rotatable bonds is 24. The first-order valence-electron chi connectivity index (χ1n) is 42.5. The molecule has 0 atom stereocenters. The zero-order valence-corrected chi connectivity index (χ0v) is 85.1. The smallest absolute Gasteiger partial charge is 0.563 e. The summed E-state index contributed by atoms with van der Waals surface area (Å²) in [6.45, 7) is 21.2. The molecule has 700 valence electrons. The monoisotopic (exact) mass is 1920 g/mol. The quantitative estimate of drug-likeness (QED) is 0.0507. The predicted molar refractivity (Wildman–Crippen MR) is 504 cm³/mol. The molecule has 8 aromatic carbocycles. The van der Waals surface area contributed by atoms with Gasteiger partial charge in [0.2, 0.25) is 0 Å². The van der Waals surface area contributed by atoms with Gasteiger partial charge in [0.1, 0.15) is 0 Å². The molecule has 6 aliphatic rings. The van der Waals surface area contributed by atoms with Crippen molar-refractivity contribution in [1.29, 1.82) is 0 Å². The van der Waals surface area contributed by atoms with E-state index in [4.69, 9.17) is 66.3 Å². The van der Waals surface area contributed by atoms with Crippen LogP contribution >= 0.6 is 0 Å². The van der Waals surface area contributed by atoms with Crippen LogP contribution in [0.4, 0.5) is 0 Å². The summed E-state index contributed by atoms with van der Waals surface area (Å²) in [7, 11) is -14.9. The molecule has 0 spiro atoms. The van der Waals surface area contributed by atoms with Gasteiger partial charge in [0, 0.05) is 52.9 Å². The summed E-state index contributed by atoms with van der Waals surface area (Å²) >= 11 is 0. The van der Waals surface area contributed by atoms with E-state index in [0.29, 0.717) is 132 Å². The fraction of sp³-hybridized carbons (Fsp3) is 0.478. The van der Waals surface area contributed by atoms with Crippen LogP contribution in [-0.4, -0.2) is 253 Å². The van der Waals surface area contributed by atoms with Crippen molar-refractivity contribution in [1.82, 2.24) is 0 Å². The van der Waals surface area contributed by atoms with Crippen molar-refractivity contribution in [2.75, 3.05) is 185 Å². The Hall–Kier alpha value is -4.26. The minimum absolute atomic E-state index is 0. The van der Waals surface area contributed by atoms with Gasteiger partial charge in [-0.1, -0.05) is 287 Å². The van der Waals surface area contributed by atoms with Gasteiger partial charge < -0.3 is 104 Å². The average molecular weight is 1930 g/mol. The predicted octanol–water partition coefficient (Wildman–Crippen LogP) is 10.1. The number of hydrogen-bond donors (Lipinski definition) is 0. The van der Waals surface area contributed by atoms with Crippen LogP contribution in [0.25, 0.3) is 37.8 Å². The molecular formula is C92H128Al2N8Na2O22S4. The van der Waals surface area contributed by atoms with E-state index < -0.39 is 40.8 Å². The molecule has 30 nitrogen and oxygen atoms in total. The van der Waals surface area contributed by atoms with E-state index >= 15 is 0 Å². The second-order valence-corrected chi connectivity index (χ2v) is 33.0. The van der Waals surface area contributed by atoms with Crippen molar-refractivity contribution in [3.8, 4) is 0 Å². The van der Waals surface area contributed by atoms with Gasteiger partial charge in [0.15, 0.2) is 0 Å². The summed E-state index contributed by atoms with van der Waals surface area (Å²) in [6.07, 6.45) is 10.2. The summed E-state index contributed by atoms with van der Waals surface area (Å²) in [5.74, 6) is 0. The Bertz CT molecular complexity index is 3440. The normalized spacial score (nSPS) is 15.9. The van der Waals surface area contributed by atoms with E-state index in [1.54, 1.807) is 0 Å². The maximum absolute atomic E-state index is 11.6. The Labute approximate surface area is 840 Å². The fourth-order valence-electron chi connectivity index (χ4n) is 10.3. The molecule has 0 unspecified atom stereocenters. The van der Waals surface area contributed by atoms with E-state index in [9.17, 15) is 33.7 Å². The van der Waals surface area contributed by atoms with E-state index in [1.165, 1.54) is 51.4 Å². The van der Waals surface area contributed by atoms with Gasteiger partial charge in [-0.05, 0) is 92.2 Å². The Morgan fingerprint density at radius 2 is 0.238 bits per heavy atom. The zero-order valence-electron chi connectivity index (χ0n) is 75.6. The first-order chi connectivity index (χ1) is 61.6. The van der Waals surface area contributed by atoms with Gasteiger partial charge in [0.25, 0.3) is 0 Å². The number of benzene rings is 8. The van der Waals surface area contributed by atoms with Crippen LogP contribution in [0.2, 0.25) is 0 Å². The van der Waals surface area contributed by atoms with Gasteiger partial charge in [0.05, 0.1) is 132 Å². The van der Waals surface area contributed by atoms with Crippen molar-refractivity contribution in [3.05, 3.63) is 325 Å². The van der Waals surface area contributed by atoms with Crippen LogP contribution in [0.15, 0.2) is 243 Å². The Balaban J connectivity index is 0.000000742. The standard InChI is InChI=1S/4C14H14N2O2S.2C10H20O5.4C4H8O.2Al.2Na/c4*17-19(18,15-11-13-7-3-1-4-8-13)16-12-14-9-5-2-6-10-14;2*1-2-12-5-6-14-9-10-15-8-7-13-4-3-11-1;4*1-2-4-5-3-1;;;;/h4*1-10H,11-12H2;2*1-10H2;4*1-4H2;;;;/q4*-2;;;;;;;2*+3;2*+1.